The van der Waals surface area contributed by atoms with Crippen LogP contribution in [0.4, 0.5) is 0 Å². The SMILES string of the molecule is O=C(O)[C@]12CCCC[C@@]1(C(=O)O)C=C2CO. The summed E-state index contributed by atoms with van der Waals surface area (Å²) in [5.41, 5.74) is -2.32. The van der Waals surface area contributed by atoms with Crippen molar-refractivity contribution in [3.63, 3.8) is 0 Å². The van der Waals surface area contributed by atoms with E-state index in [1.807, 2.05) is 0 Å². The zero-order valence-corrected chi connectivity index (χ0v) is 8.77. The number of hydrogen-bond acceptors (Lipinski definition) is 3. The van der Waals surface area contributed by atoms with Crippen molar-refractivity contribution in [3.05, 3.63) is 11.6 Å². The summed E-state index contributed by atoms with van der Waals surface area (Å²) in [6, 6.07) is 0. The molecule has 2 aliphatic rings. The zero-order valence-electron chi connectivity index (χ0n) is 8.77. The summed E-state index contributed by atoms with van der Waals surface area (Å²) in [5.74, 6) is -2.21. The van der Waals surface area contributed by atoms with Gasteiger partial charge in [-0.25, -0.2) is 0 Å². The monoisotopic (exact) mass is 226 g/mol. The lowest BCUT2D eigenvalue weighted by molar-refractivity contribution is -0.175. The molecule has 1 saturated carbocycles. The Balaban J connectivity index is 2.54. The van der Waals surface area contributed by atoms with Crippen molar-refractivity contribution < 1.29 is 24.9 Å². The number of carbonyl (C=O) groups is 2. The van der Waals surface area contributed by atoms with Gasteiger partial charge in [-0.15, -0.1) is 0 Å². The fraction of sp³-hybridized carbons (Fsp3) is 0.636. The molecule has 0 aromatic carbocycles. The van der Waals surface area contributed by atoms with E-state index in [2.05, 4.69) is 0 Å². The van der Waals surface area contributed by atoms with Gasteiger partial charge < -0.3 is 15.3 Å². The van der Waals surface area contributed by atoms with Crippen LogP contribution in [0.25, 0.3) is 0 Å². The molecule has 0 aromatic heterocycles. The van der Waals surface area contributed by atoms with Crippen molar-refractivity contribution in [2.24, 2.45) is 10.8 Å². The van der Waals surface area contributed by atoms with Gasteiger partial charge in [0.05, 0.1) is 6.61 Å². The molecule has 2 rings (SSSR count). The minimum atomic E-state index is -1.37. The molecule has 2 aliphatic carbocycles. The van der Waals surface area contributed by atoms with Crippen LogP contribution in [-0.2, 0) is 9.59 Å². The van der Waals surface area contributed by atoms with Crippen molar-refractivity contribution in [1.82, 2.24) is 0 Å². The molecule has 88 valence electrons. The molecule has 1 fully saturated rings. The van der Waals surface area contributed by atoms with E-state index in [0.29, 0.717) is 24.8 Å². The minimum Gasteiger partial charge on any atom is -0.481 e. The van der Waals surface area contributed by atoms with E-state index in [4.69, 9.17) is 5.11 Å². The first-order chi connectivity index (χ1) is 7.51. The summed E-state index contributed by atoms with van der Waals surface area (Å²) >= 11 is 0. The van der Waals surface area contributed by atoms with Crippen molar-refractivity contribution in [2.75, 3.05) is 6.61 Å². The molecule has 0 heterocycles. The highest BCUT2D eigenvalue weighted by Gasteiger charge is 2.68. The van der Waals surface area contributed by atoms with Crippen LogP contribution in [0, 0.1) is 10.8 Å². The van der Waals surface area contributed by atoms with E-state index in [0.717, 1.165) is 6.42 Å². The van der Waals surface area contributed by atoms with Crippen molar-refractivity contribution in [1.29, 1.82) is 0 Å². The molecular weight excluding hydrogens is 212 g/mol. The molecule has 0 aromatic rings. The van der Waals surface area contributed by atoms with Gasteiger partial charge >= 0.3 is 11.9 Å². The molecule has 0 radical (unpaired) electrons. The Morgan fingerprint density at radius 2 is 1.81 bits per heavy atom. The van der Waals surface area contributed by atoms with E-state index in [1.165, 1.54) is 6.08 Å². The third kappa shape index (κ3) is 0.988. The Bertz CT molecular complexity index is 386. The van der Waals surface area contributed by atoms with Gasteiger partial charge in [0.2, 0.25) is 0 Å². The number of rotatable bonds is 3. The van der Waals surface area contributed by atoms with Gasteiger partial charge in [0, 0.05) is 0 Å². The topological polar surface area (TPSA) is 94.8 Å². The third-order valence-electron chi connectivity index (χ3n) is 4.02. The van der Waals surface area contributed by atoms with Gasteiger partial charge in [-0.05, 0) is 18.4 Å². The molecule has 16 heavy (non-hydrogen) atoms. The second-order valence-electron chi connectivity index (χ2n) is 4.52. The van der Waals surface area contributed by atoms with E-state index < -0.39 is 22.8 Å². The third-order valence-corrected chi connectivity index (χ3v) is 4.02. The highest BCUT2D eigenvalue weighted by atomic mass is 16.4. The van der Waals surface area contributed by atoms with Crippen molar-refractivity contribution >= 4 is 11.9 Å². The first kappa shape index (κ1) is 11.1. The van der Waals surface area contributed by atoms with Crippen LogP contribution in [0.2, 0.25) is 0 Å². The number of carboxylic acid groups (broad SMARTS) is 2. The lowest BCUT2D eigenvalue weighted by atomic mass is 9.45. The van der Waals surface area contributed by atoms with Crippen LogP contribution in [0.5, 0.6) is 0 Å². The predicted molar refractivity (Wildman–Crippen MR) is 53.8 cm³/mol. The predicted octanol–water partition coefficient (Wildman–Crippen LogP) is 0.635. The van der Waals surface area contributed by atoms with Gasteiger partial charge in [0.15, 0.2) is 0 Å². The summed E-state index contributed by atoms with van der Waals surface area (Å²) in [6.45, 7) is -0.374. The smallest absolute Gasteiger partial charge is 0.315 e. The van der Waals surface area contributed by atoms with Gasteiger partial charge in [-0.1, -0.05) is 18.9 Å². The zero-order chi connectivity index (χ0) is 12.0. The lowest BCUT2D eigenvalue weighted by Gasteiger charge is -2.54. The summed E-state index contributed by atoms with van der Waals surface area (Å²) in [6.07, 6.45) is 3.50. The number of hydrogen-bond donors (Lipinski definition) is 3. The maximum Gasteiger partial charge on any atom is 0.315 e. The number of aliphatic hydroxyl groups excluding tert-OH is 1. The van der Waals surface area contributed by atoms with Crippen molar-refractivity contribution in [3.8, 4) is 0 Å². The van der Waals surface area contributed by atoms with Gasteiger partial charge in [-0.2, -0.15) is 0 Å². The largest absolute Gasteiger partial charge is 0.481 e. The standard InChI is InChI=1S/C11H14O5/c12-6-7-5-10(8(13)14)3-1-2-4-11(7,10)9(15)16/h5,12H,1-4,6H2,(H,13,14)(H,15,16)/t10-,11+/m0/s1. The first-order valence-corrected chi connectivity index (χ1v) is 5.31. The molecular formula is C11H14O5. The number of aliphatic carboxylic acids is 2. The highest BCUT2D eigenvalue weighted by molar-refractivity contribution is 5.95. The van der Waals surface area contributed by atoms with E-state index >= 15 is 0 Å². The molecule has 0 amide bonds. The molecule has 2 atom stereocenters. The molecule has 0 spiro atoms. The number of fused-ring (bicyclic) bond motifs is 1. The van der Waals surface area contributed by atoms with Crippen LogP contribution >= 0.6 is 0 Å². The number of aliphatic hydroxyl groups is 1. The Kier molecular flexibility index (Phi) is 2.31. The van der Waals surface area contributed by atoms with Gasteiger partial charge in [0.25, 0.3) is 0 Å². The maximum absolute atomic E-state index is 11.4. The lowest BCUT2D eigenvalue weighted by Crippen LogP contribution is -2.61. The van der Waals surface area contributed by atoms with E-state index in [9.17, 15) is 19.8 Å². The van der Waals surface area contributed by atoms with Crippen LogP contribution in [-0.4, -0.2) is 33.9 Å². The molecule has 0 saturated heterocycles. The van der Waals surface area contributed by atoms with E-state index in [1.54, 1.807) is 0 Å². The average Bonchev–Trinajstić information content (AvgIpc) is 2.19. The van der Waals surface area contributed by atoms with Gasteiger partial charge in [0.1, 0.15) is 10.8 Å². The molecule has 5 nitrogen and oxygen atoms in total. The summed E-state index contributed by atoms with van der Waals surface area (Å²) in [5, 5.41) is 27.7. The maximum atomic E-state index is 11.4. The molecule has 5 heteroatoms. The fourth-order valence-corrected chi connectivity index (χ4v) is 3.18. The normalized spacial score (nSPS) is 36.9. The second-order valence-corrected chi connectivity index (χ2v) is 4.52. The first-order valence-electron chi connectivity index (χ1n) is 5.31. The molecule has 0 unspecified atom stereocenters. The molecule has 0 aliphatic heterocycles. The molecule has 0 bridgehead atoms. The molecule has 3 N–H and O–H groups in total. The summed E-state index contributed by atoms with van der Waals surface area (Å²) < 4.78 is 0. The number of carboxylic acids is 2. The van der Waals surface area contributed by atoms with Crippen LogP contribution in [0.3, 0.4) is 0 Å². The highest BCUT2D eigenvalue weighted by Crippen LogP contribution is 2.63. The summed E-state index contributed by atoms with van der Waals surface area (Å²) in [7, 11) is 0. The Hall–Kier alpha value is -1.36. The summed E-state index contributed by atoms with van der Waals surface area (Å²) in [4.78, 5) is 22.7. The van der Waals surface area contributed by atoms with Gasteiger partial charge in [-0.3, -0.25) is 9.59 Å². The quantitative estimate of drug-likeness (QED) is 0.614. The van der Waals surface area contributed by atoms with E-state index in [-0.39, 0.29) is 6.61 Å². The van der Waals surface area contributed by atoms with Crippen LogP contribution < -0.4 is 0 Å². The Morgan fingerprint density at radius 3 is 2.31 bits per heavy atom. The van der Waals surface area contributed by atoms with Crippen molar-refractivity contribution in [2.45, 2.75) is 25.7 Å². The van der Waals surface area contributed by atoms with Crippen LogP contribution in [0.1, 0.15) is 25.7 Å². The van der Waals surface area contributed by atoms with Crippen LogP contribution in [0.15, 0.2) is 11.6 Å². The average molecular weight is 226 g/mol. The Labute approximate surface area is 92.4 Å². The second kappa shape index (κ2) is 3.31. The minimum absolute atomic E-state index is 0.307. The fourth-order valence-electron chi connectivity index (χ4n) is 3.18. The Morgan fingerprint density at radius 1 is 1.19 bits per heavy atom.